The summed E-state index contributed by atoms with van der Waals surface area (Å²) in [4.78, 5) is 11.3. The van der Waals surface area contributed by atoms with Crippen LogP contribution in [-0.2, 0) is 25.5 Å². The number of carbonyl (C=O) groups excluding carboxylic acids is 1. The number of methoxy groups -OCH3 is 3. The van der Waals surface area contributed by atoms with Gasteiger partial charge in [-0.25, -0.2) is 4.68 Å². The van der Waals surface area contributed by atoms with Crippen LogP contribution in [0.4, 0.5) is 0 Å². The van der Waals surface area contributed by atoms with Crippen LogP contribution in [-0.4, -0.2) is 59.0 Å². The standard InChI is InChI=1S/C9H16N4O4S/c1-6(8(14)17-4)18-9-10-11-12-13(9)5-7(15-2)16-3/h6-7H,5H2,1-4H3. The third-order valence-corrected chi connectivity index (χ3v) is 3.21. The first-order valence-corrected chi connectivity index (χ1v) is 6.06. The Morgan fingerprint density at radius 1 is 1.39 bits per heavy atom. The molecule has 0 aromatic carbocycles. The van der Waals surface area contributed by atoms with Crippen molar-refractivity contribution in [3.05, 3.63) is 0 Å². The maximum absolute atomic E-state index is 11.3. The highest BCUT2D eigenvalue weighted by Crippen LogP contribution is 2.21. The largest absolute Gasteiger partial charge is 0.468 e. The van der Waals surface area contributed by atoms with Gasteiger partial charge < -0.3 is 14.2 Å². The first kappa shape index (κ1) is 14.9. The molecule has 1 atom stereocenters. The highest BCUT2D eigenvalue weighted by molar-refractivity contribution is 8.00. The van der Waals surface area contributed by atoms with Gasteiger partial charge in [-0.3, -0.25) is 4.79 Å². The van der Waals surface area contributed by atoms with E-state index in [-0.39, 0.29) is 11.2 Å². The molecule has 0 saturated heterocycles. The van der Waals surface area contributed by atoms with Crippen LogP contribution in [0.3, 0.4) is 0 Å². The van der Waals surface area contributed by atoms with Crippen molar-refractivity contribution >= 4 is 17.7 Å². The van der Waals surface area contributed by atoms with Gasteiger partial charge in [-0.15, -0.1) is 5.10 Å². The van der Waals surface area contributed by atoms with E-state index >= 15 is 0 Å². The molecule has 102 valence electrons. The topological polar surface area (TPSA) is 88.4 Å². The number of tetrazole rings is 1. The first-order chi connectivity index (χ1) is 8.62. The third-order valence-electron chi connectivity index (χ3n) is 2.16. The predicted octanol–water partition coefficient (Wildman–Crippen LogP) is -0.0544. The summed E-state index contributed by atoms with van der Waals surface area (Å²) in [5, 5.41) is 11.3. The number of hydrogen-bond acceptors (Lipinski definition) is 8. The van der Waals surface area contributed by atoms with E-state index in [1.807, 2.05) is 0 Å². The Balaban J connectivity index is 2.67. The zero-order valence-corrected chi connectivity index (χ0v) is 11.5. The number of aromatic nitrogens is 4. The van der Waals surface area contributed by atoms with Crippen LogP contribution in [0.15, 0.2) is 5.16 Å². The van der Waals surface area contributed by atoms with E-state index in [0.29, 0.717) is 11.7 Å². The van der Waals surface area contributed by atoms with Gasteiger partial charge in [0.05, 0.1) is 13.7 Å². The van der Waals surface area contributed by atoms with Crippen molar-refractivity contribution in [1.29, 1.82) is 0 Å². The number of thioether (sulfide) groups is 1. The Hall–Kier alpha value is -1.19. The molecule has 0 radical (unpaired) electrons. The first-order valence-electron chi connectivity index (χ1n) is 5.18. The molecular formula is C9H16N4O4S. The molecule has 1 heterocycles. The summed E-state index contributed by atoms with van der Waals surface area (Å²) in [7, 11) is 4.40. The maximum atomic E-state index is 11.3. The van der Waals surface area contributed by atoms with Crippen LogP contribution in [0.2, 0.25) is 0 Å². The van der Waals surface area contributed by atoms with Gasteiger partial charge in [0.15, 0.2) is 6.29 Å². The summed E-state index contributed by atoms with van der Waals surface area (Å²) in [6.07, 6.45) is -0.443. The number of nitrogens with zero attached hydrogens (tertiary/aromatic N) is 4. The summed E-state index contributed by atoms with van der Waals surface area (Å²) >= 11 is 1.21. The molecule has 0 saturated carbocycles. The lowest BCUT2D eigenvalue weighted by Crippen LogP contribution is -2.23. The molecule has 0 bridgehead atoms. The lowest BCUT2D eigenvalue weighted by atomic mass is 10.5. The zero-order valence-electron chi connectivity index (χ0n) is 10.7. The maximum Gasteiger partial charge on any atom is 0.318 e. The van der Waals surface area contributed by atoms with Gasteiger partial charge in [0, 0.05) is 14.2 Å². The average molecular weight is 276 g/mol. The van der Waals surface area contributed by atoms with Crippen molar-refractivity contribution in [3.8, 4) is 0 Å². The highest BCUT2D eigenvalue weighted by Gasteiger charge is 2.20. The van der Waals surface area contributed by atoms with Gasteiger partial charge in [-0.2, -0.15) is 0 Å². The second-order valence-electron chi connectivity index (χ2n) is 3.33. The van der Waals surface area contributed by atoms with E-state index < -0.39 is 6.29 Å². The van der Waals surface area contributed by atoms with Gasteiger partial charge in [0.2, 0.25) is 5.16 Å². The summed E-state index contributed by atoms with van der Waals surface area (Å²) < 4.78 is 16.3. The molecule has 0 amide bonds. The number of rotatable bonds is 7. The fraction of sp³-hybridized carbons (Fsp3) is 0.778. The van der Waals surface area contributed by atoms with Gasteiger partial charge >= 0.3 is 5.97 Å². The molecule has 9 heteroatoms. The molecule has 1 unspecified atom stereocenters. The van der Waals surface area contributed by atoms with Crippen molar-refractivity contribution in [2.24, 2.45) is 0 Å². The Bertz CT molecular complexity index is 382. The van der Waals surface area contributed by atoms with Crippen molar-refractivity contribution in [1.82, 2.24) is 20.2 Å². The smallest absolute Gasteiger partial charge is 0.318 e. The Morgan fingerprint density at radius 2 is 2.06 bits per heavy atom. The lowest BCUT2D eigenvalue weighted by Gasteiger charge is -2.14. The minimum absolute atomic E-state index is 0.329. The van der Waals surface area contributed by atoms with Crippen molar-refractivity contribution in [2.45, 2.75) is 30.2 Å². The summed E-state index contributed by atoms with van der Waals surface area (Å²) in [5.41, 5.74) is 0. The van der Waals surface area contributed by atoms with Crippen LogP contribution < -0.4 is 0 Å². The molecule has 0 aliphatic rings. The molecule has 0 aliphatic carbocycles. The van der Waals surface area contributed by atoms with Crippen LogP contribution in [0.1, 0.15) is 6.92 Å². The second-order valence-corrected chi connectivity index (χ2v) is 4.64. The molecule has 1 aromatic heterocycles. The fourth-order valence-corrected chi connectivity index (χ4v) is 1.98. The fourth-order valence-electron chi connectivity index (χ4n) is 1.15. The average Bonchev–Trinajstić information content (AvgIpc) is 2.81. The third kappa shape index (κ3) is 3.93. The normalized spacial score (nSPS) is 12.7. The minimum Gasteiger partial charge on any atom is -0.468 e. The van der Waals surface area contributed by atoms with Crippen molar-refractivity contribution in [2.75, 3.05) is 21.3 Å². The quantitative estimate of drug-likeness (QED) is 0.389. The van der Waals surface area contributed by atoms with Crippen molar-refractivity contribution in [3.63, 3.8) is 0 Å². The Labute approximate surface area is 109 Å². The van der Waals surface area contributed by atoms with E-state index in [9.17, 15) is 4.79 Å². The SMILES string of the molecule is COC(=O)C(C)Sc1nnnn1CC(OC)OC. The number of carbonyl (C=O) groups is 1. The minimum atomic E-state index is -0.443. The molecule has 0 aliphatic heterocycles. The molecule has 18 heavy (non-hydrogen) atoms. The van der Waals surface area contributed by atoms with Crippen LogP contribution in [0, 0.1) is 0 Å². The summed E-state index contributed by atoms with van der Waals surface area (Å²) in [5.74, 6) is -0.329. The molecular weight excluding hydrogens is 260 g/mol. The molecule has 8 nitrogen and oxygen atoms in total. The predicted molar refractivity (Wildman–Crippen MR) is 63.0 cm³/mol. The zero-order chi connectivity index (χ0) is 13.5. The van der Waals surface area contributed by atoms with Crippen LogP contribution in [0.5, 0.6) is 0 Å². The molecule has 0 fully saturated rings. The molecule has 1 rings (SSSR count). The van der Waals surface area contributed by atoms with E-state index in [1.165, 1.54) is 37.8 Å². The van der Waals surface area contributed by atoms with Crippen molar-refractivity contribution < 1.29 is 19.0 Å². The van der Waals surface area contributed by atoms with Gasteiger partial charge in [-0.05, 0) is 17.4 Å². The lowest BCUT2D eigenvalue weighted by molar-refractivity contribution is -0.139. The monoisotopic (exact) mass is 276 g/mol. The van der Waals surface area contributed by atoms with E-state index in [4.69, 9.17) is 9.47 Å². The van der Waals surface area contributed by atoms with Crippen LogP contribution in [0.25, 0.3) is 0 Å². The molecule has 0 spiro atoms. The van der Waals surface area contributed by atoms with Gasteiger partial charge in [-0.1, -0.05) is 11.8 Å². The summed E-state index contributed by atoms with van der Waals surface area (Å²) in [6.45, 7) is 2.07. The van der Waals surface area contributed by atoms with E-state index in [1.54, 1.807) is 6.92 Å². The summed E-state index contributed by atoms with van der Waals surface area (Å²) in [6, 6.07) is 0. The number of ether oxygens (including phenoxy) is 3. The van der Waals surface area contributed by atoms with E-state index in [2.05, 4.69) is 20.3 Å². The van der Waals surface area contributed by atoms with Gasteiger partial charge in [0.25, 0.3) is 0 Å². The van der Waals surface area contributed by atoms with Gasteiger partial charge in [0.1, 0.15) is 5.25 Å². The number of hydrogen-bond donors (Lipinski definition) is 0. The number of esters is 1. The molecule has 0 N–H and O–H groups in total. The Kier molecular flexibility index (Phi) is 6.02. The Morgan fingerprint density at radius 3 is 2.61 bits per heavy atom. The van der Waals surface area contributed by atoms with E-state index in [0.717, 1.165) is 0 Å². The molecule has 1 aromatic rings. The second kappa shape index (κ2) is 7.29. The highest BCUT2D eigenvalue weighted by atomic mass is 32.2. The van der Waals surface area contributed by atoms with Crippen LogP contribution >= 0.6 is 11.8 Å².